The molecule has 0 bridgehead atoms. The first-order chi connectivity index (χ1) is 8.38. The first-order valence-corrected chi connectivity index (χ1v) is 6.53. The molecule has 0 spiro atoms. The van der Waals surface area contributed by atoms with Crippen LogP contribution in [0.2, 0.25) is 0 Å². The number of nitrogens with zero attached hydrogens (tertiary/aromatic N) is 2. The van der Waals surface area contributed by atoms with E-state index in [1.165, 1.54) is 11.3 Å². The Kier molecular flexibility index (Phi) is 3.21. The van der Waals surface area contributed by atoms with Gasteiger partial charge in [-0.3, -0.25) is 9.89 Å². The molecular formula is C12H16N4OS. The van der Waals surface area contributed by atoms with Gasteiger partial charge >= 0.3 is 0 Å². The van der Waals surface area contributed by atoms with E-state index in [-0.39, 0.29) is 11.3 Å². The van der Waals surface area contributed by atoms with E-state index in [4.69, 9.17) is 0 Å². The minimum atomic E-state index is -0.165. The van der Waals surface area contributed by atoms with Crippen molar-refractivity contribution in [2.24, 2.45) is 0 Å². The van der Waals surface area contributed by atoms with Crippen LogP contribution in [0.15, 0.2) is 11.6 Å². The molecule has 0 aliphatic rings. The molecule has 0 fully saturated rings. The summed E-state index contributed by atoms with van der Waals surface area (Å²) in [5.41, 5.74) is 3.37. The minimum absolute atomic E-state index is 0.0175. The van der Waals surface area contributed by atoms with Gasteiger partial charge < -0.3 is 5.32 Å². The zero-order chi connectivity index (χ0) is 13.3. The zero-order valence-electron chi connectivity index (χ0n) is 10.9. The van der Waals surface area contributed by atoms with Crippen molar-refractivity contribution >= 4 is 23.1 Å². The summed E-state index contributed by atoms with van der Waals surface area (Å²) in [6.45, 7) is 8.06. The van der Waals surface area contributed by atoms with Crippen molar-refractivity contribution in [1.29, 1.82) is 0 Å². The molecule has 0 atom stereocenters. The predicted molar refractivity (Wildman–Crippen MR) is 72.1 cm³/mol. The summed E-state index contributed by atoms with van der Waals surface area (Å²) in [4.78, 5) is 16.6. The van der Waals surface area contributed by atoms with Crippen molar-refractivity contribution < 1.29 is 4.79 Å². The quantitative estimate of drug-likeness (QED) is 0.876. The average molecular weight is 264 g/mol. The number of carbonyl (C=O) groups excluding carboxylic acids is 1. The van der Waals surface area contributed by atoms with Crippen molar-refractivity contribution in [1.82, 2.24) is 15.2 Å². The van der Waals surface area contributed by atoms with Crippen molar-refractivity contribution in [2.75, 3.05) is 5.32 Å². The van der Waals surface area contributed by atoms with Gasteiger partial charge in [-0.15, -0.1) is 11.3 Å². The van der Waals surface area contributed by atoms with Gasteiger partial charge in [-0.1, -0.05) is 20.8 Å². The van der Waals surface area contributed by atoms with E-state index in [1.54, 1.807) is 5.51 Å². The molecule has 0 saturated carbocycles. The summed E-state index contributed by atoms with van der Waals surface area (Å²) >= 11 is 1.33. The average Bonchev–Trinajstić information content (AvgIpc) is 2.85. The van der Waals surface area contributed by atoms with Crippen LogP contribution in [0.3, 0.4) is 0 Å². The van der Waals surface area contributed by atoms with E-state index >= 15 is 0 Å². The minimum Gasteiger partial charge on any atom is -0.304 e. The highest BCUT2D eigenvalue weighted by Gasteiger charge is 2.18. The second-order valence-electron chi connectivity index (χ2n) is 5.14. The number of amides is 1. The fraction of sp³-hybridized carbons (Fsp3) is 0.417. The van der Waals surface area contributed by atoms with Crippen LogP contribution in [-0.2, 0) is 5.41 Å². The molecule has 0 aromatic carbocycles. The van der Waals surface area contributed by atoms with Crippen LogP contribution >= 0.6 is 11.3 Å². The SMILES string of the molecule is Cc1ncsc1C(=O)Nc1cc(C(C)(C)C)[nH]n1. The van der Waals surface area contributed by atoms with Crippen LogP contribution < -0.4 is 5.32 Å². The predicted octanol–water partition coefficient (Wildman–Crippen LogP) is 2.72. The van der Waals surface area contributed by atoms with E-state index in [2.05, 4.69) is 41.3 Å². The van der Waals surface area contributed by atoms with Crippen molar-refractivity contribution in [3.8, 4) is 0 Å². The van der Waals surface area contributed by atoms with Gasteiger partial charge in [0.25, 0.3) is 5.91 Å². The number of nitrogens with one attached hydrogen (secondary N) is 2. The van der Waals surface area contributed by atoms with Crippen molar-refractivity contribution in [3.63, 3.8) is 0 Å². The molecule has 96 valence electrons. The van der Waals surface area contributed by atoms with Gasteiger partial charge in [-0.05, 0) is 6.92 Å². The lowest BCUT2D eigenvalue weighted by molar-refractivity contribution is 0.102. The van der Waals surface area contributed by atoms with E-state index < -0.39 is 0 Å². The molecule has 0 unspecified atom stereocenters. The second-order valence-corrected chi connectivity index (χ2v) is 5.99. The van der Waals surface area contributed by atoms with Crippen molar-refractivity contribution in [2.45, 2.75) is 33.1 Å². The molecule has 2 heterocycles. The lowest BCUT2D eigenvalue weighted by atomic mass is 9.92. The third-order valence-corrected chi connectivity index (χ3v) is 3.51. The van der Waals surface area contributed by atoms with Crippen LogP contribution in [0.5, 0.6) is 0 Å². The molecule has 2 aromatic heterocycles. The lowest BCUT2D eigenvalue weighted by Gasteiger charge is -2.14. The number of thiazole rings is 1. The van der Waals surface area contributed by atoms with Gasteiger partial charge in [0.05, 0.1) is 11.2 Å². The fourth-order valence-corrected chi connectivity index (χ4v) is 2.16. The Hall–Kier alpha value is -1.69. The summed E-state index contributed by atoms with van der Waals surface area (Å²) in [5, 5.41) is 9.79. The largest absolute Gasteiger partial charge is 0.304 e. The number of rotatable bonds is 2. The Balaban J connectivity index is 2.13. The molecule has 0 radical (unpaired) electrons. The number of anilines is 1. The highest BCUT2D eigenvalue weighted by atomic mass is 32.1. The molecular weight excluding hydrogens is 248 g/mol. The summed E-state index contributed by atoms with van der Waals surface area (Å²) in [7, 11) is 0. The molecule has 0 aliphatic heterocycles. The monoisotopic (exact) mass is 264 g/mol. The molecule has 0 saturated heterocycles. The highest BCUT2D eigenvalue weighted by Crippen LogP contribution is 2.22. The van der Waals surface area contributed by atoms with Gasteiger partial charge in [-0.25, -0.2) is 4.98 Å². The lowest BCUT2D eigenvalue weighted by Crippen LogP contribution is -2.12. The van der Waals surface area contributed by atoms with Gasteiger partial charge in [0.2, 0.25) is 0 Å². The van der Waals surface area contributed by atoms with E-state index in [0.29, 0.717) is 10.7 Å². The Morgan fingerprint density at radius 1 is 1.44 bits per heavy atom. The molecule has 5 nitrogen and oxygen atoms in total. The number of aromatic nitrogens is 3. The third kappa shape index (κ3) is 2.59. The first kappa shape index (κ1) is 12.8. The topological polar surface area (TPSA) is 70.7 Å². The molecule has 0 aliphatic carbocycles. The van der Waals surface area contributed by atoms with Crippen LogP contribution in [-0.4, -0.2) is 21.1 Å². The number of carbonyl (C=O) groups is 1. The maximum Gasteiger partial charge on any atom is 0.268 e. The van der Waals surface area contributed by atoms with Crippen LogP contribution in [0.4, 0.5) is 5.82 Å². The molecule has 2 rings (SSSR count). The standard InChI is InChI=1S/C12H16N4OS/c1-7-10(18-6-13-7)11(17)14-9-5-8(15-16-9)12(2,3)4/h5-6H,1-4H3,(H2,14,15,16,17). The Labute approximate surface area is 110 Å². The molecule has 2 aromatic rings. The van der Waals surface area contributed by atoms with Gasteiger partial charge in [0, 0.05) is 17.2 Å². The summed E-state index contributed by atoms with van der Waals surface area (Å²) in [5.74, 6) is 0.375. The number of hydrogen-bond acceptors (Lipinski definition) is 4. The summed E-state index contributed by atoms with van der Waals surface area (Å²) in [6, 6.07) is 1.86. The Morgan fingerprint density at radius 2 is 2.17 bits per heavy atom. The molecule has 18 heavy (non-hydrogen) atoms. The number of H-pyrrole nitrogens is 1. The maximum absolute atomic E-state index is 12.0. The number of aromatic amines is 1. The zero-order valence-corrected chi connectivity index (χ0v) is 11.7. The third-order valence-electron chi connectivity index (χ3n) is 2.58. The van der Waals surface area contributed by atoms with E-state index in [0.717, 1.165) is 11.4 Å². The fourth-order valence-electron chi connectivity index (χ4n) is 1.46. The van der Waals surface area contributed by atoms with Crippen LogP contribution in [0, 0.1) is 6.92 Å². The van der Waals surface area contributed by atoms with Gasteiger partial charge in [-0.2, -0.15) is 5.10 Å². The van der Waals surface area contributed by atoms with E-state index in [9.17, 15) is 4.79 Å². The summed E-state index contributed by atoms with van der Waals surface area (Å²) in [6.07, 6.45) is 0. The maximum atomic E-state index is 12.0. The highest BCUT2D eigenvalue weighted by molar-refractivity contribution is 7.12. The second kappa shape index (κ2) is 4.53. The number of hydrogen-bond donors (Lipinski definition) is 2. The molecule has 6 heteroatoms. The van der Waals surface area contributed by atoms with Gasteiger partial charge in [0.15, 0.2) is 5.82 Å². The van der Waals surface area contributed by atoms with Crippen LogP contribution in [0.25, 0.3) is 0 Å². The number of aryl methyl sites for hydroxylation is 1. The van der Waals surface area contributed by atoms with E-state index in [1.807, 2.05) is 13.0 Å². The van der Waals surface area contributed by atoms with Crippen LogP contribution in [0.1, 0.15) is 41.8 Å². The Bertz CT molecular complexity index is 565. The molecule has 2 N–H and O–H groups in total. The first-order valence-electron chi connectivity index (χ1n) is 5.65. The summed E-state index contributed by atoms with van der Waals surface area (Å²) < 4.78 is 0. The smallest absolute Gasteiger partial charge is 0.268 e. The Morgan fingerprint density at radius 3 is 2.67 bits per heavy atom. The van der Waals surface area contributed by atoms with Gasteiger partial charge in [0.1, 0.15) is 4.88 Å². The normalized spacial score (nSPS) is 11.6. The molecule has 1 amide bonds. The van der Waals surface area contributed by atoms with Crippen molar-refractivity contribution in [3.05, 3.63) is 27.8 Å².